The maximum atomic E-state index is 5.67. The van der Waals surface area contributed by atoms with Crippen molar-refractivity contribution in [1.82, 2.24) is 14.4 Å². The van der Waals surface area contributed by atoms with Crippen LogP contribution in [0.4, 0.5) is 0 Å². The fourth-order valence-electron chi connectivity index (χ4n) is 0.985. The van der Waals surface area contributed by atoms with Crippen LogP contribution in [-0.4, -0.2) is 14.4 Å². The van der Waals surface area contributed by atoms with Crippen LogP contribution in [0, 0.1) is 0 Å². The van der Waals surface area contributed by atoms with Gasteiger partial charge >= 0.3 is 0 Å². The Balaban J connectivity index is 2.67. The maximum absolute atomic E-state index is 5.67. The van der Waals surface area contributed by atoms with Gasteiger partial charge < -0.3 is 0 Å². The topological polar surface area (TPSA) is 30.2 Å². The van der Waals surface area contributed by atoms with Gasteiger partial charge in [0.1, 0.15) is 17.1 Å². The number of alkyl halides is 1. The first-order chi connectivity index (χ1) is 5.79. The van der Waals surface area contributed by atoms with Gasteiger partial charge in [-0.05, 0) is 0 Å². The summed E-state index contributed by atoms with van der Waals surface area (Å²) in [6, 6.07) is 1.69. The highest BCUT2D eigenvalue weighted by molar-refractivity contribution is 6.29. The normalized spacial score (nSPS) is 10.8. The Morgan fingerprint density at radius 3 is 3.08 bits per heavy atom. The lowest BCUT2D eigenvalue weighted by atomic mass is 10.6. The van der Waals surface area contributed by atoms with Gasteiger partial charge in [-0.3, -0.25) is 4.40 Å². The van der Waals surface area contributed by atoms with E-state index in [4.69, 9.17) is 23.2 Å². The Morgan fingerprint density at radius 2 is 2.33 bits per heavy atom. The quantitative estimate of drug-likeness (QED) is 0.523. The molecule has 3 nitrogen and oxygen atoms in total. The van der Waals surface area contributed by atoms with E-state index in [9.17, 15) is 0 Å². The SMILES string of the molecule is ClCc1cn2cnc(Cl)cc2n1. The molecule has 2 heterocycles. The van der Waals surface area contributed by atoms with Crippen LogP contribution >= 0.6 is 23.2 Å². The van der Waals surface area contributed by atoms with Crippen LogP contribution in [0.1, 0.15) is 5.69 Å². The lowest BCUT2D eigenvalue weighted by Gasteiger charge is -1.90. The fraction of sp³-hybridized carbons (Fsp3) is 0.143. The van der Waals surface area contributed by atoms with Gasteiger partial charge in [-0.1, -0.05) is 11.6 Å². The summed E-state index contributed by atoms with van der Waals surface area (Å²) in [5, 5.41) is 0.439. The number of fused-ring (bicyclic) bond motifs is 1. The van der Waals surface area contributed by atoms with Crippen LogP contribution in [0.5, 0.6) is 0 Å². The molecule has 0 bridgehead atoms. The van der Waals surface area contributed by atoms with E-state index in [1.807, 2.05) is 6.20 Å². The zero-order valence-corrected chi connectivity index (χ0v) is 7.55. The first-order valence-corrected chi connectivity index (χ1v) is 4.26. The molecule has 0 aromatic carbocycles. The van der Waals surface area contributed by atoms with Crippen molar-refractivity contribution >= 4 is 28.8 Å². The summed E-state index contributed by atoms with van der Waals surface area (Å²) in [5.41, 5.74) is 1.59. The van der Waals surface area contributed by atoms with Crippen LogP contribution in [0.25, 0.3) is 5.65 Å². The molecule has 2 aromatic heterocycles. The first-order valence-electron chi connectivity index (χ1n) is 3.34. The van der Waals surface area contributed by atoms with Crippen LogP contribution in [0.3, 0.4) is 0 Å². The molecule has 2 rings (SSSR count). The Kier molecular flexibility index (Phi) is 1.90. The van der Waals surface area contributed by atoms with Gasteiger partial charge in [0.25, 0.3) is 0 Å². The van der Waals surface area contributed by atoms with Gasteiger partial charge in [-0.25, -0.2) is 9.97 Å². The van der Waals surface area contributed by atoms with Crippen molar-refractivity contribution < 1.29 is 0 Å². The van der Waals surface area contributed by atoms with Crippen LogP contribution in [0.2, 0.25) is 5.15 Å². The molecule has 0 amide bonds. The summed E-state index contributed by atoms with van der Waals surface area (Å²) < 4.78 is 1.78. The Hall–Kier alpha value is -0.800. The minimum atomic E-state index is 0.402. The minimum Gasteiger partial charge on any atom is -0.290 e. The van der Waals surface area contributed by atoms with E-state index in [1.165, 1.54) is 0 Å². The number of hydrogen-bond acceptors (Lipinski definition) is 2. The largest absolute Gasteiger partial charge is 0.290 e. The third-order valence-electron chi connectivity index (χ3n) is 1.50. The molecule has 0 unspecified atom stereocenters. The Labute approximate surface area is 79.0 Å². The second-order valence-electron chi connectivity index (χ2n) is 2.34. The lowest BCUT2D eigenvalue weighted by Crippen LogP contribution is -1.84. The van der Waals surface area contributed by atoms with Gasteiger partial charge in [0.05, 0.1) is 11.6 Å². The Morgan fingerprint density at radius 1 is 1.50 bits per heavy atom. The molecule has 0 aliphatic carbocycles. The molecular weight excluding hydrogens is 197 g/mol. The zero-order chi connectivity index (χ0) is 8.55. The molecule has 0 saturated heterocycles. The number of hydrogen-bond donors (Lipinski definition) is 0. The van der Waals surface area contributed by atoms with Crippen LogP contribution < -0.4 is 0 Å². The van der Waals surface area contributed by atoms with Gasteiger partial charge in [-0.2, -0.15) is 0 Å². The predicted molar refractivity (Wildman–Crippen MR) is 47.6 cm³/mol. The highest BCUT2D eigenvalue weighted by atomic mass is 35.5. The van der Waals surface area contributed by atoms with E-state index >= 15 is 0 Å². The highest BCUT2D eigenvalue weighted by Crippen LogP contribution is 2.10. The predicted octanol–water partition coefficient (Wildman–Crippen LogP) is 2.12. The average molecular weight is 202 g/mol. The molecule has 0 atom stereocenters. The molecular formula is C7H5Cl2N3. The molecule has 0 aliphatic heterocycles. The molecule has 0 radical (unpaired) electrons. The van der Waals surface area contributed by atoms with Crippen LogP contribution in [-0.2, 0) is 5.88 Å². The summed E-state index contributed by atoms with van der Waals surface area (Å²) in [6.45, 7) is 0. The van der Waals surface area contributed by atoms with E-state index in [-0.39, 0.29) is 0 Å². The summed E-state index contributed by atoms with van der Waals surface area (Å²) >= 11 is 11.3. The smallest absolute Gasteiger partial charge is 0.141 e. The van der Waals surface area contributed by atoms with Gasteiger partial charge in [-0.15, -0.1) is 11.6 Å². The Bertz CT molecular complexity index is 410. The van der Waals surface area contributed by atoms with Crippen molar-refractivity contribution in [3.8, 4) is 0 Å². The van der Waals surface area contributed by atoms with Gasteiger partial charge in [0.2, 0.25) is 0 Å². The number of imidazole rings is 1. The fourth-order valence-corrected chi connectivity index (χ4v) is 1.26. The third kappa shape index (κ3) is 1.26. The van der Waals surface area contributed by atoms with Crippen molar-refractivity contribution in [2.24, 2.45) is 0 Å². The van der Waals surface area contributed by atoms with Crippen molar-refractivity contribution in [2.75, 3.05) is 0 Å². The summed E-state index contributed by atoms with van der Waals surface area (Å²) in [7, 11) is 0. The van der Waals surface area contributed by atoms with Crippen molar-refractivity contribution in [1.29, 1.82) is 0 Å². The van der Waals surface area contributed by atoms with E-state index in [2.05, 4.69) is 9.97 Å². The standard InChI is InChI=1S/C7H5Cl2N3/c8-2-5-3-12-4-10-6(9)1-7(12)11-5/h1,3-4H,2H2. The number of rotatable bonds is 1. The van der Waals surface area contributed by atoms with E-state index in [1.54, 1.807) is 16.8 Å². The van der Waals surface area contributed by atoms with Crippen molar-refractivity contribution in [3.05, 3.63) is 29.4 Å². The summed E-state index contributed by atoms with van der Waals surface area (Å²) in [5.74, 6) is 0.402. The van der Waals surface area contributed by atoms with Crippen molar-refractivity contribution in [2.45, 2.75) is 5.88 Å². The first kappa shape index (κ1) is 7.83. The monoisotopic (exact) mass is 201 g/mol. The minimum absolute atomic E-state index is 0.402. The number of nitrogens with zero attached hydrogens (tertiary/aromatic N) is 3. The molecule has 0 N–H and O–H groups in total. The summed E-state index contributed by atoms with van der Waals surface area (Å²) in [4.78, 5) is 8.10. The number of aromatic nitrogens is 3. The molecule has 0 aliphatic rings. The second-order valence-corrected chi connectivity index (χ2v) is 3.00. The molecule has 12 heavy (non-hydrogen) atoms. The summed E-state index contributed by atoms with van der Waals surface area (Å²) in [6.07, 6.45) is 3.44. The maximum Gasteiger partial charge on any atom is 0.141 e. The molecule has 5 heteroatoms. The highest BCUT2D eigenvalue weighted by Gasteiger charge is 2.00. The third-order valence-corrected chi connectivity index (χ3v) is 1.98. The van der Waals surface area contributed by atoms with E-state index in [0.29, 0.717) is 11.0 Å². The van der Waals surface area contributed by atoms with Gasteiger partial charge in [0, 0.05) is 12.3 Å². The van der Waals surface area contributed by atoms with Gasteiger partial charge in [0.15, 0.2) is 0 Å². The van der Waals surface area contributed by atoms with Crippen molar-refractivity contribution in [3.63, 3.8) is 0 Å². The second kappa shape index (κ2) is 2.92. The lowest BCUT2D eigenvalue weighted by molar-refractivity contribution is 1.08. The van der Waals surface area contributed by atoms with E-state index < -0.39 is 0 Å². The molecule has 62 valence electrons. The van der Waals surface area contributed by atoms with E-state index in [0.717, 1.165) is 11.3 Å². The molecule has 0 spiro atoms. The average Bonchev–Trinajstić information content (AvgIpc) is 2.46. The molecule has 0 fully saturated rings. The molecule has 2 aromatic rings. The zero-order valence-electron chi connectivity index (χ0n) is 6.04. The number of halogens is 2. The van der Waals surface area contributed by atoms with Crippen LogP contribution in [0.15, 0.2) is 18.6 Å². The molecule has 0 saturated carbocycles.